The van der Waals surface area contributed by atoms with Crippen LogP contribution in [-0.2, 0) is 0 Å². The van der Waals surface area contributed by atoms with Crippen LogP contribution in [0.5, 0.6) is 5.75 Å². The highest BCUT2D eigenvalue weighted by atomic mass is 32.1. The molecule has 1 aromatic heterocycles. The van der Waals surface area contributed by atoms with Crippen LogP contribution in [0.25, 0.3) is 11.1 Å². The number of thiophene rings is 1. The number of rotatable bonds is 3. The second kappa shape index (κ2) is 6.72. The molecule has 1 atom stereocenters. The van der Waals surface area contributed by atoms with Crippen LogP contribution in [0.3, 0.4) is 0 Å². The van der Waals surface area contributed by atoms with E-state index in [0.29, 0.717) is 6.04 Å². The molecule has 1 amide bonds. The summed E-state index contributed by atoms with van der Waals surface area (Å²) in [6, 6.07) is 10.4. The van der Waals surface area contributed by atoms with Gasteiger partial charge in [-0.1, -0.05) is 12.1 Å². The van der Waals surface area contributed by atoms with Crippen LogP contribution in [0, 0.1) is 6.92 Å². The third-order valence-electron chi connectivity index (χ3n) is 4.19. The Labute approximate surface area is 141 Å². The molecule has 1 aliphatic rings. The maximum atomic E-state index is 12.7. The van der Waals surface area contributed by atoms with Crippen molar-refractivity contribution < 1.29 is 9.53 Å². The molecule has 0 aliphatic carbocycles. The first-order chi connectivity index (χ1) is 11.1. The summed E-state index contributed by atoms with van der Waals surface area (Å²) in [4.78, 5) is 16.7. The second-order valence-electron chi connectivity index (χ2n) is 5.92. The third kappa shape index (κ3) is 3.41. The van der Waals surface area contributed by atoms with E-state index in [4.69, 9.17) is 4.74 Å². The fraction of sp³-hybridized carbons (Fsp3) is 0.389. The molecule has 2 heterocycles. The molecule has 1 saturated heterocycles. The van der Waals surface area contributed by atoms with Gasteiger partial charge in [0.15, 0.2) is 0 Å². The van der Waals surface area contributed by atoms with E-state index >= 15 is 0 Å². The predicted molar refractivity (Wildman–Crippen MR) is 94.4 cm³/mol. The Morgan fingerprint density at radius 2 is 2.09 bits per heavy atom. The molecule has 4 nitrogen and oxygen atoms in total. The van der Waals surface area contributed by atoms with Crippen molar-refractivity contribution in [1.29, 1.82) is 0 Å². The highest BCUT2D eigenvalue weighted by molar-refractivity contribution is 7.14. The van der Waals surface area contributed by atoms with Crippen molar-refractivity contribution in [3.8, 4) is 16.9 Å². The lowest BCUT2D eigenvalue weighted by atomic mass is 10.1. The van der Waals surface area contributed by atoms with E-state index in [-0.39, 0.29) is 5.91 Å². The maximum absolute atomic E-state index is 12.7. The highest BCUT2D eigenvalue weighted by Gasteiger charge is 2.23. The van der Waals surface area contributed by atoms with E-state index < -0.39 is 0 Å². The Kier molecular flexibility index (Phi) is 4.68. The number of piperazine rings is 1. The van der Waals surface area contributed by atoms with Crippen LogP contribution in [0.1, 0.15) is 21.5 Å². The summed E-state index contributed by atoms with van der Waals surface area (Å²) in [5, 5.41) is 3.37. The lowest BCUT2D eigenvalue weighted by molar-refractivity contribution is 0.0714. The second-order valence-corrected chi connectivity index (χ2v) is 7.17. The molecule has 1 unspecified atom stereocenters. The molecular weight excluding hydrogens is 308 g/mol. The van der Waals surface area contributed by atoms with Crippen LogP contribution in [0.15, 0.2) is 30.3 Å². The molecular formula is C18H22N2O2S. The molecule has 5 heteroatoms. The fourth-order valence-corrected chi connectivity index (χ4v) is 3.93. The summed E-state index contributed by atoms with van der Waals surface area (Å²) in [5.74, 6) is 0.985. The predicted octanol–water partition coefficient (Wildman–Crippen LogP) is 3.17. The quantitative estimate of drug-likeness (QED) is 0.940. The normalized spacial score (nSPS) is 18.0. The van der Waals surface area contributed by atoms with Gasteiger partial charge in [-0.2, -0.15) is 0 Å². The maximum Gasteiger partial charge on any atom is 0.264 e. The van der Waals surface area contributed by atoms with Crippen LogP contribution in [0.4, 0.5) is 0 Å². The van der Waals surface area contributed by atoms with Gasteiger partial charge in [0.1, 0.15) is 5.75 Å². The van der Waals surface area contributed by atoms with E-state index in [1.54, 1.807) is 18.4 Å². The van der Waals surface area contributed by atoms with Gasteiger partial charge in [-0.05, 0) is 43.2 Å². The number of hydrogen-bond acceptors (Lipinski definition) is 4. The molecule has 0 saturated carbocycles. The van der Waals surface area contributed by atoms with Crippen molar-refractivity contribution in [2.75, 3.05) is 26.7 Å². The van der Waals surface area contributed by atoms with E-state index in [1.165, 1.54) is 4.88 Å². The van der Waals surface area contributed by atoms with Gasteiger partial charge in [0, 0.05) is 30.6 Å². The number of benzene rings is 1. The minimum Gasteiger partial charge on any atom is -0.497 e. The first kappa shape index (κ1) is 16.0. The van der Waals surface area contributed by atoms with Gasteiger partial charge >= 0.3 is 0 Å². The molecule has 122 valence electrons. The smallest absolute Gasteiger partial charge is 0.264 e. The Bertz CT molecular complexity index is 694. The number of carbonyl (C=O) groups excluding carboxylic acids is 1. The summed E-state index contributed by atoms with van der Waals surface area (Å²) in [5.41, 5.74) is 2.25. The Morgan fingerprint density at radius 3 is 2.74 bits per heavy atom. The van der Waals surface area contributed by atoms with E-state index in [0.717, 1.165) is 41.4 Å². The summed E-state index contributed by atoms with van der Waals surface area (Å²) in [7, 11) is 1.66. The van der Waals surface area contributed by atoms with Crippen molar-refractivity contribution in [2.24, 2.45) is 0 Å². The zero-order chi connectivity index (χ0) is 16.4. The average molecular weight is 330 g/mol. The number of amides is 1. The zero-order valence-corrected chi connectivity index (χ0v) is 14.6. The number of nitrogens with one attached hydrogen (secondary N) is 1. The SMILES string of the molecule is COc1ccc(-c2cc(C(=O)N3CCNC(C)C3)sc2C)cc1. The first-order valence-corrected chi connectivity index (χ1v) is 8.67. The van der Waals surface area contributed by atoms with Gasteiger partial charge in [-0.25, -0.2) is 0 Å². The zero-order valence-electron chi connectivity index (χ0n) is 13.8. The highest BCUT2D eigenvalue weighted by Crippen LogP contribution is 2.32. The van der Waals surface area contributed by atoms with Gasteiger partial charge in [0.25, 0.3) is 5.91 Å². The number of nitrogens with zero attached hydrogens (tertiary/aromatic N) is 1. The molecule has 1 N–H and O–H groups in total. The molecule has 3 rings (SSSR count). The largest absolute Gasteiger partial charge is 0.497 e. The number of aryl methyl sites for hydroxylation is 1. The van der Waals surface area contributed by atoms with Gasteiger partial charge in [-0.3, -0.25) is 4.79 Å². The lowest BCUT2D eigenvalue weighted by Gasteiger charge is -2.31. The summed E-state index contributed by atoms with van der Waals surface area (Å²) < 4.78 is 5.20. The standard InChI is InChI=1S/C18H22N2O2S/c1-12-11-20(9-8-19-12)18(21)17-10-16(13(2)23-17)14-4-6-15(22-3)7-5-14/h4-7,10,12,19H,8-9,11H2,1-3H3. The molecule has 0 bridgehead atoms. The van der Waals surface area contributed by atoms with Gasteiger partial charge in [0.05, 0.1) is 12.0 Å². The summed E-state index contributed by atoms with van der Waals surface area (Å²) in [6.07, 6.45) is 0. The molecule has 0 radical (unpaired) electrons. The molecule has 1 aliphatic heterocycles. The molecule has 1 fully saturated rings. The molecule has 2 aromatic rings. The van der Waals surface area contributed by atoms with Crippen molar-refractivity contribution >= 4 is 17.2 Å². The van der Waals surface area contributed by atoms with Crippen molar-refractivity contribution in [3.63, 3.8) is 0 Å². The van der Waals surface area contributed by atoms with Crippen molar-refractivity contribution in [2.45, 2.75) is 19.9 Å². The lowest BCUT2D eigenvalue weighted by Crippen LogP contribution is -2.51. The first-order valence-electron chi connectivity index (χ1n) is 7.86. The topological polar surface area (TPSA) is 41.6 Å². The van der Waals surface area contributed by atoms with Crippen LogP contribution in [-0.4, -0.2) is 43.6 Å². The Balaban J connectivity index is 1.83. The number of ether oxygens (including phenoxy) is 1. The van der Waals surface area contributed by atoms with Gasteiger partial charge < -0.3 is 15.0 Å². The molecule has 0 spiro atoms. The summed E-state index contributed by atoms with van der Waals surface area (Å²) >= 11 is 1.58. The van der Waals surface area contributed by atoms with Gasteiger partial charge in [-0.15, -0.1) is 11.3 Å². The number of carbonyl (C=O) groups is 1. The van der Waals surface area contributed by atoms with Crippen LogP contribution < -0.4 is 10.1 Å². The van der Waals surface area contributed by atoms with Gasteiger partial charge in [0.2, 0.25) is 0 Å². The number of hydrogen-bond donors (Lipinski definition) is 1. The molecule has 1 aromatic carbocycles. The third-order valence-corrected chi connectivity index (χ3v) is 5.22. The van der Waals surface area contributed by atoms with E-state index in [2.05, 4.69) is 19.2 Å². The minimum atomic E-state index is 0.145. The van der Waals surface area contributed by atoms with E-state index in [1.807, 2.05) is 35.2 Å². The number of methoxy groups -OCH3 is 1. The van der Waals surface area contributed by atoms with Crippen molar-refractivity contribution in [1.82, 2.24) is 10.2 Å². The van der Waals surface area contributed by atoms with Crippen LogP contribution >= 0.6 is 11.3 Å². The minimum absolute atomic E-state index is 0.145. The summed E-state index contributed by atoms with van der Waals surface area (Å²) in [6.45, 7) is 6.59. The van der Waals surface area contributed by atoms with Crippen molar-refractivity contribution in [3.05, 3.63) is 40.1 Å². The molecule has 23 heavy (non-hydrogen) atoms. The fourth-order valence-electron chi connectivity index (χ4n) is 2.92. The average Bonchev–Trinajstić information content (AvgIpc) is 2.96. The monoisotopic (exact) mass is 330 g/mol. The Morgan fingerprint density at radius 1 is 1.35 bits per heavy atom. The van der Waals surface area contributed by atoms with E-state index in [9.17, 15) is 4.79 Å². The Hall–Kier alpha value is -1.85. The van der Waals surface area contributed by atoms with Crippen LogP contribution in [0.2, 0.25) is 0 Å².